The molecule has 13 heteroatoms. The normalized spacial score (nSPS) is 23.6. The third-order valence-electron chi connectivity index (χ3n) is 7.20. The van der Waals surface area contributed by atoms with Gasteiger partial charge in [-0.1, -0.05) is 44.2 Å². The molecule has 212 valence electrons. The van der Waals surface area contributed by atoms with Crippen LogP contribution in [0.15, 0.2) is 30.3 Å². The van der Waals surface area contributed by atoms with E-state index in [1.807, 2.05) is 32.0 Å². The van der Waals surface area contributed by atoms with Crippen LogP contribution in [0.5, 0.6) is 0 Å². The van der Waals surface area contributed by atoms with Crippen LogP contribution in [-0.4, -0.2) is 66.2 Å². The van der Waals surface area contributed by atoms with Gasteiger partial charge in [-0.05, 0) is 62.3 Å². The first-order valence-electron chi connectivity index (χ1n) is 13.2. The molecule has 0 bridgehead atoms. The van der Waals surface area contributed by atoms with Gasteiger partial charge in [0.25, 0.3) is 0 Å². The summed E-state index contributed by atoms with van der Waals surface area (Å²) >= 11 is 0. The van der Waals surface area contributed by atoms with Gasteiger partial charge in [0.1, 0.15) is 22.3 Å². The molecule has 1 saturated carbocycles. The fourth-order valence-electron chi connectivity index (χ4n) is 5.18. The molecule has 1 aliphatic heterocycles. The molecule has 1 aromatic rings. The van der Waals surface area contributed by atoms with E-state index >= 15 is 0 Å². The summed E-state index contributed by atoms with van der Waals surface area (Å²) in [5.41, 5.74) is -1.18. The van der Waals surface area contributed by atoms with E-state index in [4.69, 9.17) is 4.74 Å². The topological polar surface area (TPSA) is 174 Å². The van der Waals surface area contributed by atoms with Crippen LogP contribution in [0.2, 0.25) is 0 Å². The van der Waals surface area contributed by atoms with Crippen molar-refractivity contribution in [3.05, 3.63) is 35.9 Å². The van der Waals surface area contributed by atoms with Crippen molar-refractivity contribution >= 4 is 28.0 Å². The molecule has 0 aromatic heterocycles. The molecular weight excluding hydrogens is 537 g/mol. The van der Waals surface area contributed by atoms with Crippen LogP contribution in [0.3, 0.4) is 0 Å². The van der Waals surface area contributed by atoms with Crippen LogP contribution < -0.4 is 45.5 Å². The van der Waals surface area contributed by atoms with Gasteiger partial charge in [-0.15, -0.1) is 0 Å². The second-order valence-corrected chi connectivity index (χ2v) is 12.1. The molecule has 3 amide bonds. The van der Waals surface area contributed by atoms with Crippen molar-refractivity contribution in [3.63, 3.8) is 0 Å². The average Bonchev–Trinajstić information content (AvgIpc) is 3.27. The zero-order valence-electron chi connectivity index (χ0n) is 22.8. The Morgan fingerprint density at radius 2 is 1.74 bits per heavy atom. The summed E-state index contributed by atoms with van der Waals surface area (Å²) in [5, 5.41) is 17.7. The van der Waals surface area contributed by atoms with Crippen LogP contribution in [0.4, 0.5) is 4.79 Å². The fraction of sp³-hybridized carbons (Fsp3) is 0.654. The molecule has 2 fully saturated rings. The summed E-state index contributed by atoms with van der Waals surface area (Å²) in [4.78, 5) is 37.8. The minimum absolute atomic E-state index is 0. The molecule has 1 heterocycles. The van der Waals surface area contributed by atoms with Gasteiger partial charge < -0.3 is 30.3 Å². The van der Waals surface area contributed by atoms with E-state index in [0.29, 0.717) is 31.7 Å². The maximum Gasteiger partial charge on any atom is 1.00 e. The second kappa shape index (κ2) is 15.3. The Bertz CT molecular complexity index is 1060. The maximum absolute atomic E-state index is 13.1. The molecule has 4 N–H and O–H groups in total. The van der Waals surface area contributed by atoms with Gasteiger partial charge in [0, 0.05) is 12.5 Å². The van der Waals surface area contributed by atoms with E-state index in [-0.39, 0.29) is 60.3 Å². The van der Waals surface area contributed by atoms with E-state index < -0.39 is 45.6 Å². The molecular formula is C26H38N3NaO8S. The SMILES string of the molecule is CC(C)C[C@H](NC(=O)OC1CCC(c2ccccc2)CC1)C(=O)N[C@@H](C[C@@H]1CCNC1=O)C(O)S(=O)(=O)[O-].[Na+]. The van der Waals surface area contributed by atoms with E-state index in [2.05, 4.69) is 28.1 Å². The summed E-state index contributed by atoms with van der Waals surface area (Å²) in [6.45, 7) is 4.06. The molecule has 1 aliphatic carbocycles. The van der Waals surface area contributed by atoms with Crippen LogP contribution in [0.25, 0.3) is 0 Å². The van der Waals surface area contributed by atoms with E-state index in [1.165, 1.54) is 5.56 Å². The summed E-state index contributed by atoms with van der Waals surface area (Å²) < 4.78 is 40.2. The fourth-order valence-corrected chi connectivity index (χ4v) is 5.76. The zero-order chi connectivity index (χ0) is 27.9. The Kier molecular flexibility index (Phi) is 13.2. The summed E-state index contributed by atoms with van der Waals surface area (Å²) in [7, 11) is -5.18. The van der Waals surface area contributed by atoms with Gasteiger partial charge in [-0.2, -0.15) is 0 Å². The Labute approximate surface area is 252 Å². The van der Waals surface area contributed by atoms with Gasteiger partial charge in [0.15, 0.2) is 5.44 Å². The minimum Gasteiger partial charge on any atom is -0.746 e. The smallest absolute Gasteiger partial charge is 0.746 e. The number of ether oxygens (including phenoxy) is 1. The number of nitrogens with one attached hydrogen (secondary N) is 3. The van der Waals surface area contributed by atoms with E-state index in [1.54, 1.807) is 0 Å². The Morgan fingerprint density at radius 3 is 2.28 bits per heavy atom. The largest absolute Gasteiger partial charge is 1.00 e. The van der Waals surface area contributed by atoms with Crippen molar-refractivity contribution in [2.24, 2.45) is 11.8 Å². The molecule has 1 unspecified atom stereocenters. The monoisotopic (exact) mass is 575 g/mol. The number of benzene rings is 1. The number of amides is 3. The van der Waals surface area contributed by atoms with E-state index in [0.717, 1.165) is 12.8 Å². The van der Waals surface area contributed by atoms with Crippen molar-refractivity contribution in [1.82, 2.24) is 16.0 Å². The number of aliphatic hydroxyl groups excluding tert-OH is 1. The quantitative estimate of drug-likeness (QED) is 0.187. The van der Waals surface area contributed by atoms with Crippen LogP contribution >= 0.6 is 0 Å². The predicted molar refractivity (Wildman–Crippen MR) is 138 cm³/mol. The number of carbonyl (C=O) groups excluding carboxylic acids is 3. The molecule has 0 spiro atoms. The number of hydrogen-bond donors (Lipinski definition) is 4. The van der Waals surface area contributed by atoms with Crippen LogP contribution in [0.1, 0.15) is 70.3 Å². The number of alkyl carbamates (subject to hydrolysis) is 1. The van der Waals surface area contributed by atoms with Gasteiger partial charge in [0.05, 0.1) is 6.04 Å². The minimum atomic E-state index is -5.18. The second-order valence-electron chi connectivity index (χ2n) is 10.6. The molecule has 0 radical (unpaired) electrons. The summed E-state index contributed by atoms with van der Waals surface area (Å²) in [6.07, 6.45) is 2.41. The first kappa shape index (κ1) is 33.5. The Balaban J connectivity index is 0.00000533. The van der Waals surface area contributed by atoms with Crippen molar-refractivity contribution in [2.45, 2.75) is 88.3 Å². The van der Waals surface area contributed by atoms with Crippen molar-refractivity contribution in [3.8, 4) is 0 Å². The van der Waals surface area contributed by atoms with Gasteiger partial charge in [0.2, 0.25) is 11.8 Å². The molecule has 1 saturated heterocycles. The number of hydrogen-bond acceptors (Lipinski definition) is 8. The van der Waals surface area contributed by atoms with Crippen molar-refractivity contribution in [1.29, 1.82) is 0 Å². The standard InChI is InChI=1S/C26H39N3O8S.Na/c1-16(2)14-21(24(31)28-22(25(32)38(34,35)36)15-19-12-13-27-23(19)30)29-26(33)37-20-10-8-18(9-11-20)17-6-4-3-5-7-17;/h3-7,16,18-22,25,32H,8-15H2,1-2H3,(H,27,30)(H,28,31)(H,29,33)(H,34,35,36);/q;+1/p-1/t18?,19-,20?,21-,22-,25?;/m0./s1. The molecule has 1 aromatic carbocycles. The molecule has 3 rings (SSSR count). The Morgan fingerprint density at radius 1 is 1.10 bits per heavy atom. The average molecular weight is 576 g/mol. The predicted octanol–water partition coefficient (Wildman–Crippen LogP) is -1.27. The number of aliphatic hydroxyl groups is 1. The first-order chi connectivity index (χ1) is 17.9. The summed E-state index contributed by atoms with van der Waals surface area (Å²) in [6, 6.07) is 7.56. The molecule has 2 aliphatic rings. The molecule has 4 atom stereocenters. The molecule has 11 nitrogen and oxygen atoms in total. The zero-order valence-corrected chi connectivity index (χ0v) is 25.6. The third kappa shape index (κ3) is 10.3. The van der Waals surface area contributed by atoms with Crippen LogP contribution in [0, 0.1) is 11.8 Å². The maximum atomic E-state index is 13.1. The van der Waals surface area contributed by atoms with Gasteiger partial charge in [-0.25, -0.2) is 13.2 Å². The summed E-state index contributed by atoms with van der Waals surface area (Å²) in [5.74, 6) is -1.40. The van der Waals surface area contributed by atoms with Crippen molar-refractivity contribution < 1.29 is 66.8 Å². The van der Waals surface area contributed by atoms with Crippen molar-refractivity contribution in [2.75, 3.05) is 6.54 Å². The Hall–Kier alpha value is -1.70. The number of rotatable bonds is 11. The van der Waals surface area contributed by atoms with Gasteiger partial charge >= 0.3 is 35.7 Å². The molecule has 39 heavy (non-hydrogen) atoms. The third-order valence-corrected chi connectivity index (χ3v) is 8.12. The first-order valence-corrected chi connectivity index (χ1v) is 14.6. The van der Waals surface area contributed by atoms with Gasteiger partial charge in [-0.3, -0.25) is 9.59 Å². The van der Waals surface area contributed by atoms with Crippen LogP contribution in [-0.2, 0) is 24.4 Å². The van der Waals surface area contributed by atoms with E-state index in [9.17, 15) is 32.5 Å². The number of carbonyl (C=O) groups is 3.